The molecule has 0 saturated heterocycles. The van der Waals surface area contributed by atoms with Crippen LogP contribution in [0.3, 0.4) is 0 Å². The summed E-state index contributed by atoms with van der Waals surface area (Å²) >= 11 is 5.85. The third-order valence-electron chi connectivity index (χ3n) is 3.42. The van der Waals surface area contributed by atoms with Gasteiger partial charge in [0, 0.05) is 29.9 Å². The van der Waals surface area contributed by atoms with Gasteiger partial charge in [0.1, 0.15) is 0 Å². The summed E-state index contributed by atoms with van der Waals surface area (Å²) in [7, 11) is 0. The molecule has 1 aliphatic rings. The second kappa shape index (κ2) is 4.42. The predicted octanol–water partition coefficient (Wildman–Crippen LogP) is 3.51. The van der Waals surface area contributed by atoms with Crippen molar-refractivity contribution in [2.75, 3.05) is 6.54 Å². The fraction of sp³-hybridized carbons (Fsp3) is 0.267. The van der Waals surface area contributed by atoms with Crippen molar-refractivity contribution >= 4 is 17.8 Å². The molecule has 0 atom stereocenters. The first kappa shape index (κ1) is 12.3. The summed E-state index contributed by atoms with van der Waals surface area (Å²) in [6.45, 7) is 5.23. The van der Waals surface area contributed by atoms with E-state index in [2.05, 4.69) is 40.9 Å². The van der Waals surface area contributed by atoms with Crippen LogP contribution in [0.15, 0.2) is 35.5 Å². The van der Waals surface area contributed by atoms with E-state index in [1.165, 1.54) is 11.1 Å². The summed E-state index contributed by atoms with van der Waals surface area (Å²) in [5, 5.41) is 0.274. The van der Waals surface area contributed by atoms with Crippen LogP contribution in [-0.4, -0.2) is 22.7 Å². The molecule has 0 saturated carbocycles. The molecule has 19 heavy (non-hydrogen) atoms. The molecule has 96 valence electrons. The van der Waals surface area contributed by atoms with E-state index in [0.29, 0.717) is 0 Å². The SMILES string of the molecule is CC1(C)CN=Cc2ccc(-c3ccnc(Cl)n3)cc21. The maximum atomic E-state index is 5.85. The Labute approximate surface area is 117 Å². The Morgan fingerprint density at radius 3 is 2.84 bits per heavy atom. The maximum Gasteiger partial charge on any atom is 0.222 e. The Morgan fingerprint density at radius 1 is 1.21 bits per heavy atom. The average molecular weight is 272 g/mol. The highest BCUT2D eigenvalue weighted by atomic mass is 35.5. The van der Waals surface area contributed by atoms with Crippen LogP contribution < -0.4 is 0 Å². The monoisotopic (exact) mass is 271 g/mol. The number of hydrogen-bond acceptors (Lipinski definition) is 3. The molecule has 2 heterocycles. The lowest BCUT2D eigenvalue weighted by Crippen LogP contribution is -2.26. The average Bonchev–Trinajstić information content (AvgIpc) is 2.38. The quantitative estimate of drug-likeness (QED) is 0.745. The zero-order chi connectivity index (χ0) is 13.5. The van der Waals surface area contributed by atoms with Crippen LogP contribution in [-0.2, 0) is 5.41 Å². The first-order chi connectivity index (χ1) is 9.06. The number of rotatable bonds is 1. The topological polar surface area (TPSA) is 38.1 Å². The van der Waals surface area contributed by atoms with Crippen LogP contribution in [0.2, 0.25) is 5.28 Å². The number of hydrogen-bond donors (Lipinski definition) is 0. The summed E-state index contributed by atoms with van der Waals surface area (Å²) in [5.41, 5.74) is 4.44. The van der Waals surface area contributed by atoms with Gasteiger partial charge in [0.2, 0.25) is 5.28 Å². The Morgan fingerprint density at radius 2 is 2.05 bits per heavy atom. The van der Waals surface area contributed by atoms with Crippen LogP contribution in [0.4, 0.5) is 0 Å². The summed E-state index contributed by atoms with van der Waals surface area (Å²) in [5.74, 6) is 0. The molecule has 1 aliphatic heterocycles. The van der Waals surface area contributed by atoms with Crippen LogP contribution in [0.1, 0.15) is 25.0 Å². The van der Waals surface area contributed by atoms with Gasteiger partial charge < -0.3 is 0 Å². The van der Waals surface area contributed by atoms with Crippen molar-refractivity contribution in [3.63, 3.8) is 0 Å². The number of benzene rings is 1. The van der Waals surface area contributed by atoms with Crippen molar-refractivity contribution in [1.82, 2.24) is 9.97 Å². The molecular formula is C15H14ClN3. The smallest absolute Gasteiger partial charge is 0.222 e. The second-order valence-electron chi connectivity index (χ2n) is 5.37. The van der Waals surface area contributed by atoms with Gasteiger partial charge in [-0.3, -0.25) is 4.99 Å². The minimum atomic E-state index is 0.0525. The van der Waals surface area contributed by atoms with E-state index in [1.807, 2.05) is 18.3 Å². The minimum absolute atomic E-state index is 0.0525. The number of fused-ring (bicyclic) bond motifs is 1. The molecule has 0 bridgehead atoms. The minimum Gasteiger partial charge on any atom is -0.292 e. The molecule has 3 rings (SSSR count). The predicted molar refractivity (Wildman–Crippen MR) is 78.0 cm³/mol. The summed E-state index contributed by atoms with van der Waals surface area (Å²) in [6, 6.07) is 8.19. The fourth-order valence-electron chi connectivity index (χ4n) is 2.37. The Kier molecular flexibility index (Phi) is 2.86. The molecule has 2 aromatic rings. The zero-order valence-electron chi connectivity index (χ0n) is 10.9. The summed E-state index contributed by atoms with van der Waals surface area (Å²) < 4.78 is 0. The highest BCUT2D eigenvalue weighted by Gasteiger charge is 2.26. The van der Waals surface area contributed by atoms with Crippen molar-refractivity contribution in [2.45, 2.75) is 19.3 Å². The molecule has 0 radical (unpaired) electrons. The fourth-order valence-corrected chi connectivity index (χ4v) is 2.51. The Balaban J connectivity index is 2.14. The number of aromatic nitrogens is 2. The summed E-state index contributed by atoms with van der Waals surface area (Å²) in [6.07, 6.45) is 3.62. The zero-order valence-corrected chi connectivity index (χ0v) is 11.6. The largest absolute Gasteiger partial charge is 0.292 e. The van der Waals surface area contributed by atoms with E-state index in [0.717, 1.165) is 17.8 Å². The lowest BCUT2D eigenvalue weighted by Gasteiger charge is -2.28. The van der Waals surface area contributed by atoms with Gasteiger partial charge in [0.15, 0.2) is 0 Å². The van der Waals surface area contributed by atoms with E-state index in [4.69, 9.17) is 11.6 Å². The molecule has 0 amide bonds. The first-order valence-corrected chi connectivity index (χ1v) is 6.57. The van der Waals surface area contributed by atoms with Gasteiger partial charge in [0.05, 0.1) is 5.69 Å². The molecule has 0 spiro atoms. The number of aliphatic imine (C=N–C) groups is 1. The van der Waals surface area contributed by atoms with Gasteiger partial charge >= 0.3 is 0 Å². The van der Waals surface area contributed by atoms with Gasteiger partial charge in [0.25, 0.3) is 0 Å². The van der Waals surface area contributed by atoms with Crippen molar-refractivity contribution < 1.29 is 0 Å². The standard InChI is InChI=1S/C15H14ClN3/c1-15(2)9-17-8-11-4-3-10(7-12(11)15)13-5-6-18-14(16)19-13/h3-8H,9H2,1-2H3. The van der Waals surface area contributed by atoms with Gasteiger partial charge in [-0.2, -0.15) is 0 Å². The molecule has 0 aliphatic carbocycles. The van der Waals surface area contributed by atoms with Crippen molar-refractivity contribution in [3.8, 4) is 11.3 Å². The summed E-state index contributed by atoms with van der Waals surface area (Å²) in [4.78, 5) is 12.6. The Bertz CT molecular complexity index is 662. The Hall–Kier alpha value is -1.74. The molecular weight excluding hydrogens is 258 g/mol. The van der Waals surface area contributed by atoms with E-state index in [-0.39, 0.29) is 10.7 Å². The lowest BCUT2D eigenvalue weighted by molar-refractivity contribution is 0.534. The molecule has 1 aromatic heterocycles. The molecule has 4 heteroatoms. The van der Waals surface area contributed by atoms with Gasteiger partial charge in [-0.05, 0) is 34.9 Å². The molecule has 0 N–H and O–H groups in total. The van der Waals surface area contributed by atoms with E-state index in [9.17, 15) is 0 Å². The third-order valence-corrected chi connectivity index (χ3v) is 3.60. The molecule has 0 unspecified atom stereocenters. The first-order valence-electron chi connectivity index (χ1n) is 6.19. The van der Waals surface area contributed by atoms with Crippen LogP contribution in [0.5, 0.6) is 0 Å². The molecule has 1 aromatic carbocycles. The van der Waals surface area contributed by atoms with E-state index in [1.54, 1.807) is 6.20 Å². The van der Waals surface area contributed by atoms with Crippen LogP contribution in [0, 0.1) is 0 Å². The molecule has 3 nitrogen and oxygen atoms in total. The molecule has 0 fully saturated rings. The highest BCUT2D eigenvalue weighted by Crippen LogP contribution is 2.32. The number of halogens is 1. The van der Waals surface area contributed by atoms with Gasteiger partial charge in [-0.25, -0.2) is 9.97 Å². The number of nitrogens with zero attached hydrogens (tertiary/aromatic N) is 3. The second-order valence-corrected chi connectivity index (χ2v) is 5.70. The van der Waals surface area contributed by atoms with Crippen molar-refractivity contribution in [2.24, 2.45) is 4.99 Å². The van der Waals surface area contributed by atoms with Crippen molar-refractivity contribution in [1.29, 1.82) is 0 Å². The third kappa shape index (κ3) is 2.26. The maximum absolute atomic E-state index is 5.85. The van der Waals surface area contributed by atoms with E-state index >= 15 is 0 Å². The highest BCUT2D eigenvalue weighted by molar-refractivity contribution is 6.28. The normalized spacial score (nSPS) is 16.2. The van der Waals surface area contributed by atoms with Crippen molar-refractivity contribution in [3.05, 3.63) is 46.9 Å². The van der Waals surface area contributed by atoms with Gasteiger partial charge in [-0.15, -0.1) is 0 Å². The van der Waals surface area contributed by atoms with Crippen LogP contribution in [0.25, 0.3) is 11.3 Å². The van der Waals surface area contributed by atoms with Gasteiger partial charge in [-0.1, -0.05) is 26.0 Å². The lowest BCUT2D eigenvalue weighted by atomic mass is 9.79. The van der Waals surface area contributed by atoms with E-state index < -0.39 is 0 Å². The van der Waals surface area contributed by atoms with Crippen LogP contribution >= 0.6 is 11.6 Å².